The Morgan fingerprint density at radius 2 is 1.56 bits per heavy atom. The summed E-state index contributed by atoms with van der Waals surface area (Å²) >= 11 is 1.31. The van der Waals surface area contributed by atoms with Crippen molar-refractivity contribution in [2.75, 3.05) is 4.90 Å². The molecular weight excluding hydrogens is 446 g/mol. The molecule has 0 saturated carbocycles. The second kappa shape index (κ2) is 9.25. The van der Waals surface area contributed by atoms with Crippen LogP contribution in [0.25, 0.3) is 11.8 Å². The molecule has 0 unspecified atom stereocenters. The first kappa shape index (κ1) is 21.5. The van der Waals surface area contributed by atoms with E-state index in [-0.39, 0.29) is 11.5 Å². The van der Waals surface area contributed by atoms with Crippen LogP contribution in [0.5, 0.6) is 0 Å². The summed E-state index contributed by atoms with van der Waals surface area (Å²) in [6, 6.07) is 29.4. The predicted octanol–water partition coefficient (Wildman–Crippen LogP) is 5.98. The fourth-order valence-corrected chi connectivity index (χ4v) is 4.62. The number of aromatic nitrogens is 1. The van der Waals surface area contributed by atoms with Crippen LogP contribution in [-0.4, -0.2) is 26.7 Å². The maximum absolute atomic E-state index is 13.5. The van der Waals surface area contributed by atoms with Crippen molar-refractivity contribution in [3.63, 3.8) is 0 Å². The van der Waals surface area contributed by atoms with Crippen molar-refractivity contribution in [3.05, 3.63) is 119 Å². The van der Waals surface area contributed by atoms with Gasteiger partial charge in [-0.2, -0.15) is 0 Å². The SMILES string of the molecule is O=C(O)c1cccc(-n2cccc2/C=C2\SC(=Nc3ccccc3)N(c3ccccc3)C2=O)c1. The van der Waals surface area contributed by atoms with E-state index in [1.165, 1.54) is 11.8 Å². The summed E-state index contributed by atoms with van der Waals surface area (Å²) in [5.41, 5.74) is 3.15. The first-order valence-electron chi connectivity index (χ1n) is 10.5. The minimum absolute atomic E-state index is 0.169. The molecule has 5 rings (SSSR count). The number of carbonyl (C=O) groups is 2. The highest BCUT2D eigenvalue weighted by molar-refractivity contribution is 8.19. The number of benzene rings is 3. The molecule has 1 saturated heterocycles. The van der Waals surface area contributed by atoms with E-state index in [0.29, 0.717) is 15.8 Å². The Morgan fingerprint density at radius 1 is 0.853 bits per heavy atom. The number of carbonyl (C=O) groups excluding carboxylic acids is 1. The predicted molar refractivity (Wildman–Crippen MR) is 136 cm³/mol. The van der Waals surface area contributed by atoms with E-state index in [1.54, 1.807) is 23.1 Å². The summed E-state index contributed by atoms with van der Waals surface area (Å²) in [5.74, 6) is -1.16. The van der Waals surface area contributed by atoms with Crippen LogP contribution in [0, 0.1) is 0 Å². The third kappa shape index (κ3) is 4.29. The van der Waals surface area contributed by atoms with Gasteiger partial charge in [0.15, 0.2) is 5.17 Å². The van der Waals surface area contributed by atoms with Gasteiger partial charge in [0.2, 0.25) is 0 Å². The van der Waals surface area contributed by atoms with E-state index in [0.717, 1.165) is 17.1 Å². The largest absolute Gasteiger partial charge is 0.478 e. The summed E-state index contributed by atoms with van der Waals surface area (Å²) < 4.78 is 1.85. The normalized spacial score (nSPS) is 15.9. The van der Waals surface area contributed by atoms with Crippen LogP contribution in [0.15, 0.2) is 113 Å². The molecule has 1 fully saturated rings. The molecule has 1 aliphatic rings. The van der Waals surface area contributed by atoms with Gasteiger partial charge in [0, 0.05) is 17.6 Å². The molecule has 1 amide bonds. The van der Waals surface area contributed by atoms with Crippen molar-refractivity contribution in [2.45, 2.75) is 0 Å². The minimum Gasteiger partial charge on any atom is -0.478 e. The van der Waals surface area contributed by atoms with E-state index in [4.69, 9.17) is 4.99 Å². The second-order valence-electron chi connectivity index (χ2n) is 7.48. The van der Waals surface area contributed by atoms with Crippen LogP contribution in [0.2, 0.25) is 0 Å². The molecule has 4 aromatic rings. The Balaban J connectivity index is 1.56. The van der Waals surface area contributed by atoms with Gasteiger partial charge in [0.25, 0.3) is 5.91 Å². The van der Waals surface area contributed by atoms with Crippen LogP contribution < -0.4 is 4.90 Å². The molecule has 2 heterocycles. The van der Waals surface area contributed by atoms with Gasteiger partial charge < -0.3 is 9.67 Å². The molecule has 0 radical (unpaired) electrons. The second-order valence-corrected chi connectivity index (χ2v) is 8.48. The Labute approximate surface area is 200 Å². The summed E-state index contributed by atoms with van der Waals surface area (Å²) in [4.78, 5) is 31.8. The average Bonchev–Trinajstić information content (AvgIpc) is 3.45. The molecular formula is C27H19N3O3S. The zero-order valence-electron chi connectivity index (χ0n) is 17.9. The monoisotopic (exact) mass is 465 g/mol. The van der Waals surface area contributed by atoms with Gasteiger partial charge >= 0.3 is 5.97 Å². The Kier molecular flexibility index (Phi) is 5.84. The lowest BCUT2D eigenvalue weighted by atomic mass is 10.2. The van der Waals surface area contributed by atoms with Crippen molar-refractivity contribution in [1.82, 2.24) is 4.57 Å². The van der Waals surface area contributed by atoms with Gasteiger partial charge in [-0.3, -0.25) is 9.69 Å². The zero-order valence-corrected chi connectivity index (χ0v) is 18.7. The minimum atomic E-state index is -0.990. The van der Waals surface area contributed by atoms with Gasteiger partial charge in [-0.15, -0.1) is 0 Å². The van der Waals surface area contributed by atoms with Gasteiger partial charge in [-0.05, 0) is 72.4 Å². The molecule has 34 heavy (non-hydrogen) atoms. The smallest absolute Gasteiger partial charge is 0.335 e. The number of hydrogen-bond acceptors (Lipinski definition) is 4. The number of para-hydroxylation sites is 2. The molecule has 7 heteroatoms. The highest BCUT2D eigenvalue weighted by Crippen LogP contribution is 2.37. The quantitative estimate of drug-likeness (QED) is 0.368. The first-order chi connectivity index (χ1) is 16.6. The first-order valence-corrected chi connectivity index (χ1v) is 11.4. The number of nitrogens with zero attached hydrogens (tertiary/aromatic N) is 3. The molecule has 0 bridgehead atoms. The number of hydrogen-bond donors (Lipinski definition) is 1. The highest BCUT2D eigenvalue weighted by Gasteiger charge is 2.34. The van der Waals surface area contributed by atoms with E-state index in [2.05, 4.69) is 0 Å². The van der Waals surface area contributed by atoms with Crippen LogP contribution >= 0.6 is 11.8 Å². The molecule has 1 aliphatic heterocycles. The number of aromatic carboxylic acids is 1. The zero-order chi connectivity index (χ0) is 23.5. The van der Waals surface area contributed by atoms with E-state index < -0.39 is 5.97 Å². The number of amidine groups is 1. The molecule has 3 aromatic carbocycles. The average molecular weight is 466 g/mol. The number of thioether (sulfide) groups is 1. The third-order valence-electron chi connectivity index (χ3n) is 5.23. The lowest BCUT2D eigenvalue weighted by Crippen LogP contribution is -2.28. The van der Waals surface area contributed by atoms with Crippen molar-refractivity contribution in [1.29, 1.82) is 0 Å². The molecule has 6 nitrogen and oxygen atoms in total. The molecule has 0 aliphatic carbocycles. The third-order valence-corrected chi connectivity index (χ3v) is 6.20. The molecule has 1 aromatic heterocycles. The molecule has 1 N–H and O–H groups in total. The van der Waals surface area contributed by atoms with Gasteiger partial charge in [-0.25, -0.2) is 9.79 Å². The summed E-state index contributed by atoms with van der Waals surface area (Å²) in [6.07, 6.45) is 3.65. The topological polar surface area (TPSA) is 74.9 Å². The fourth-order valence-electron chi connectivity index (χ4n) is 3.64. The lowest BCUT2D eigenvalue weighted by Gasteiger charge is -2.15. The van der Waals surface area contributed by atoms with Crippen molar-refractivity contribution in [2.24, 2.45) is 4.99 Å². The summed E-state index contributed by atoms with van der Waals surface area (Å²) in [5, 5.41) is 9.91. The van der Waals surface area contributed by atoms with Crippen LogP contribution in [0.1, 0.15) is 16.1 Å². The summed E-state index contributed by atoms with van der Waals surface area (Å²) in [7, 11) is 0. The van der Waals surface area contributed by atoms with Gasteiger partial charge in [0.1, 0.15) is 0 Å². The van der Waals surface area contributed by atoms with E-state index in [9.17, 15) is 14.7 Å². The standard InChI is InChI=1S/C27H19N3O3S/c31-25-24(18-23-15-8-16-29(23)22-14-7-9-19(17-22)26(32)33)34-27(28-20-10-3-1-4-11-20)30(25)21-12-5-2-6-13-21/h1-18H,(H,32,33)/b24-18-,28-27?. The Morgan fingerprint density at radius 3 is 2.29 bits per heavy atom. The lowest BCUT2D eigenvalue weighted by molar-refractivity contribution is -0.113. The van der Waals surface area contributed by atoms with Gasteiger partial charge in [-0.1, -0.05) is 42.5 Å². The number of carboxylic acid groups (broad SMARTS) is 1. The summed E-state index contributed by atoms with van der Waals surface area (Å²) in [6.45, 7) is 0. The Hall–Kier alpha value is -4.36. The van der Waals surface area contributed by atoms with E-state index >= 15 is 0 Å². The Bertz CT molecular complexity index is 1430. The van der Waals surface area contributed by atoms with Crippen LogP contribution in [0.4, 0.5) is 11.4 Å². The van der Waals surface area contributed by atoms with Crippen molar-refractivity contribution >= 4 is 46.3 Å². The molecule has 166 valence electrons. The number of rotatable bonds is 5. The van der Waals surface area contributed by atoms with E-state index in [1.807, 2.05) is 95.7 Å². The molecule has 0 spiro atoms. The maximum Gasteiger partial charge on any atom is 0.335 e. The maximum atomic E-state index is 13.5. The number of carboxylic acids is 1. The van der Waals surface area contributed by atoms with Crippen LogP contribution in [-0.2, 0) is 4.79 Å². The number of aliphatic imine (C=N–C) groups is 1. The number of amides is 1. The molecule has 0 atom stereocenters. The van der Waals surface area contributed by atoms with Crippen molar-refractivity contribution in [3.8, 4) is 5.69 Å². The number of anilines is 1. The highest BCUT2D eigenvalue weighted by atomic mass is 32.2. The van der Waals surface area contributed by atoms with Crippen molar-refractivity contribution < 1.29 is 14.7 Å². The van der Waals surface area contributed by atoms with Crippen LogP contribution in [0.3, 0.4) is 0 Å². The van der Waals surface area contributed by atoms with Gasteiger partial charge in [0.05, 0.1) is 21.8 Å². The fraction of sp³-hybridized carbons (Fsp3) is 0.